The van der Waals surface area contributed by atoms with Crippen LogP contribution in [0.3, 0.4) is 0 Å². The fraction of sp³-hybridized carbons (Fsp3) is 0.348. The van der Waals surface area contributed by atoms with E-state index in [2.05, 4.69) is 22.3 Å². The number of rotatable bonds is 7. The second-order valence-electron chi connectivity index (χ2n) is 6.23. The Morgan fingerprint density at radius 3 is 2.38 bits per heavy atom. The van der Waals surface area contributed by atoms with Crippen LogP contribution in [0.1, 0.15) is 39.7 Å². The first-order valence-corrected chi connectivity index (χ1v) is 11.5. The predicted octanol–water partition coefficient (Wildman–Crippen LogP) is 5.72. The lowest BCUT2D eigenvalue weighted by Gasteiger charge is -2.11. The normalized spacial score (nSPS) is 11.3. The van der Waals surface area contributed by atoms with E-state index >= 15 is 0 Å². The van der Waals surface area contributed by atoms with Gasteiger partial charge >= 0.3 is 0 Å². The van der Waals surface area contributed by atoms with Crippen LogP contribution in [-0.4, -0.2) is 21.6 Å². The smallest absolute Gasteiger partial charge is 0.121 e. The summed E-state index contributed by atoms with van der Waals surface area (Å²) < 4.78 is 22.1. The molecule has 3 rings (SSSR count). The number of benzene rings is 2. The van der Waals surface area contributed by atoms with Crippen molar-refractivity contribution in [1.29, 1.82) is 5.26 Å². The number of hydrogen-bond donors (Lipinski definition) is 1. The average Bonchev–Trinajstić information content (AvgIpc) is 3.03. The van der Waals surface area contributed by atoms with Crippen molar-refractivity contribution in [3.05, 3.63) is 48.0 Å². The number of ether oxygens (including phenoxy) is 1. The maximum Gasteiger partial charge on any atom is 0.121 e. The molecule has 1 atom stereocenters. The standard InChI is InChI=1S/C21H23N3O2S.C2H6/c1-4-12-24-20-13-17(26-5-2)10-11-18(20)19(14-22)21(24)15-6-8-16(9-7-15)23-27(3)25;1-2/h6-11,13,23H,4-5,12H2,1-3H3;1-2H3. The highest BCUT2D eigenvalue weighted by Gasteiger charge is 2.19. The topological polar surface area (TPSA) is 67.0 Å². The fourth-order valence-corrected chi connectivity index (χ4v) is 3.78. The highest BCUT2D eigenvalue weighted by molar-refractivity contribution is 7.85. The largest absolute Gasteiger partial charge is 0.494 e. The molecule has 0 spiro atoms. The summed E-state index contributed by atoms with van der Waals surface area (Å²) in [6.07, 6.45) is 2.55. The van der Waals surface area contributed by atoms with Gasteiger partial charge in [0.25, 0.3) is 0 Å². The van der Waals surface area contributed by atoms with E-state index in [0.29, 0.717) is 12.2 Å². The molecular formula is C23H29N3O2S. The van der Waals surface area contributed by atoms with Gasteiger partial charge in [-0.15, -0.1) is 0 Å². The third-order valence-electron chi connectivity index (χ3n) is 4.33. The Labute approximate surface area is 175 Å². The van der Waals surface area contributed by atoms with Crippen molar-refractivity contribution in [1.82, 2.24) is 4.57 Å². The average molecular weight is 412 g/mol. The van der Waals surface area contributed by atoms with Gasteiger partial charge in [0.1, 0.15) is 22.8 Å². The van der Waals surface area contributed by atoms with Crippen LogP contribution in [0, 0.1) is 11.3 Å². The number of aromatic nitrogens is 1. The minimum Gasteiger partial charge on any atom is -0.494 e. The molecule has 0 aliphatic rings. The van der Waals surface area contributed by atoms with E-state index in [1.807, 2.05) is 63.2 Å². The quantitative estimate of drug-likeness (QED) is 0.541. The maximum atomic E-state index is 11.4. The molecule has 154 valence electrons. The van der Waals surface area contributed by atoms with Gasteiger partial charge in [-0.25, -0.2) is 4.21 Å². The first kappa shape index (κ1) is 22.5. The highest BCUT2D eigenvalue weighted by atomic mass is 32.2. The van der Waals surface area contributed by atoms with E-state index in [-0.39, 0.29) is 0 Å². The predicted molar refractivity (Wildman–Crippen MR) is 123 cm³/mol. The Morgan fingerprint density at radius 1 is 1.14 bits per heavy atom. The lowest BCUT2D eigenvalue weighted by Crippen LogP contribution is -2.02. The summed E-state index contributed by atoms with van der Waals surface area (Å²) in [6, 6.07) is 16.0. The molecule has 0 saturated carbocycles. The molecule has 0 aliphatic carbocycles. The van der Waals surface area contributed by atoms with Crippen molar-refractivity contribution < 1.29 is 8.95 Å². The van der Waals surface area contributed by atoms with Crippen LogP contribution in [0.15, 0.2) is 42.5 Å². The zero-order valence-corrected chi connectivity index (χ0v) is 18.6. The lowest BCUT2D eigenvalue weighted by molar-refractivity contribution is 0.340. The molecule has 3 aromatic rings. The summed E-state index contributed by atoms with van der Waals surface area (Å²) >= 11 is 0. The molecule has 1 unspecified atom stereocenters. The van der Waals surface area contributed by atoms with Crippen LogP contribution in [0.25, 0.3) is 22.2 Å². The van der Waals surface area contributed by atoms with Crippen LogP contribution in [0.5, 0.6) is 5.75 Å². The van der Waals surface area contributed by atoms with Crippen molar-refractivity contribution in [2.45, 2.75) is 40.7 Å². The zero-order valence-electron chi connectivity index (χ0n) is 17.8. The summed E-state index contributed by atoms with van der Waals surface area (Å²) in [5.74, 6) is 0.806. The zero-order chi connectivity index (χ0) is 21.4. The van der Waals surface area contributed by atoms with Crippen LogP contribution in [0.2, 0.25) is 0 Å². The van der Waals surface area contributed by atoms with Gasteiger partial charge in [-0.2, -0.15) is 5.26 Å². The van der Waals surface area contributed by atoms with Gasteiger partial charge in [0, 0.05) is 29.9 Å². The molecule has 0 bridgehead atoms. The highest BCUT2D eigenvalue weighted by Crippen LogP contribution is 2.36. The third kappa shape index (κ3) is 4.99. The molecule has 2 aromatic carbocycles. The Balaban J connectivity index is 0.00000145. The molecule has 0 aliphatic heterocycles. The minimum absolute atomic E-state index is 0.602. The summed E-state index contributed by atoms with van der Waals surface area (Å²) in [7, 11) is -1.12. The van der Waals surface area contributed by atoms with Crippen LogP contribution in [-0.2, 0) is 17.5 Å². The van der Waals surface area contributed by atoms with E-state index in [1.165, 1.54) is 0 Å². The molecule has 1 N–H and O–H groups in total. The minimum atomic E-state index is -1.12. The van der Waals surface area contributed by atoms with Crippen molar-refractivity contribution in [2.75, 3.05) is 17.6 Å². The monoisotopic (exact) mass is 411 g/mol. The van der Waals surface area contributed by atoms with Crippen molar-refractivity contribution in [2.24, 2.45) is 0 Å². The third-order valence-corrected chi connectivity index (χ3v) is 4.85. The summed E-state index contributed by atoms with van der Waals surface area (Å²) in [5.41, 5.74) is 4.33. The molecule has 0 fully saturated rings. The Morgan fingerprint density at radius 2 is 1.83 bits per heavy atom. The fourth-order valence-electron chi connectivity index (χ4n) is 3.32. The van der Waals surface area contributed by atoms with E-state index in [9.17, 15) is 9.47 Å². The van der Waals surface area contributed by atoms with Gasteiger partial charge < -0.3 is 14.0 Å². The molecule has 6 heteroatoms. The second-order valence-corrected chi connectivity index (χ2v) is 7.34. The number of aryl methyl sites for hydroxylation is 1. The molecule has 1 heterocycles. The van der Waals surface area contributed by atoms with Gasteiger partial charge in [0.15, 0.2) is 0 Å². The molecule has 5 nitrogen and oxygen atoms in total. The number of hydrogen-bond acceptors (Lipinski definition) is 3. The van der Waals surface area contributed by atoms with Crippen molar-refractivity contribution >= 4 is 27.6 Å². The number of anilines is 1. The van der Waals surface area contributed by atoms with Crippen LogP contribution in [0.4, 0.5) is 5.69 Å². The number of fused-ring (bicyclic) bond motifs is 1. The first-order chi connectivity index (χ1) is 14.1. The molecule has 0 amide bonds. The van der Waals surface area contributed by atoms with Gasteiger partial charge in [-0.3, -0.25) is 0 Å². The molecular weight excluding hydrogens is 382 g/mol. The number of nitrogens with one attached hydrogen (secondary N) is 1. The van der Waals surface area contributed by atoms with E-state index in [1.54, 1.807) is 6.26 Å². The van der Waals surface area contributed by atoms with Crippen molar-refractivity contribution in [3.8, 4) is 23.1 Å². The Hall–Kier alpha value is -2.78. The van der Waals surface area contributed by atoms with Crippen molar-refractivity contribution in [3.63, 3.8) is 0 Å². The molecule has 0 radical (unpaired) electrons. The SMILES string of the molecule is CC.CCCn1c(-c2ccc(NS(C)=O)cc2)c(C#N)c2ccc(OCC)cc21. The first-order valence-electron chi connectivity index (χ1n) is 9.98. The number of nitrogens with zero attached hydrogens (tertiary/aromatic N) is 2. The van der Waals surface area contributed by atoms with Gasteiger partial charge in [-0.1, -0.05) is 32.9 Å². The molecule has 29 heavy (non-hydrogen) atoms. The maximum absolute atomic E-state index is 11.4. The van der Waals surface area contributed by atoms with Crippen LogP contribution < -0.4 is 9.46 Å². The van der Waals surface area contributed by atoms with Gasteiger partial charge in [-0.05, 0) is 43.2 Å². The van der Waals surface area contributed by atoms with Crippen LogP contribution >= 0.6 is 0 Å². The molecule has 1 aromatic heterocycles. The second kappa shape index (κ2) is 10.7. The van der Waals surface area contributed by atoms with E-state index < -0.39 is 11.0 Å². The van der Waals surface area contributed by atoms with E-state index in [4.69, 9.17) is 4.74 Å². The van der Waals surface area contributed by atoms with Gasteiger partial charge in [0.2, 0.25) is 0 Å². The van der Waals surface area contributed by atoms with Gasteiger partial charge in [0.05, 0.1) is 23.4 Å². The summed E-state index contributed by atoms with van der Waals surface area (Å²) in [5, 5.41) is 10.8. The lowest BCUT2D eigenvalue weighted by atomic mass is 10.1. The van der Waals surface area contributed by atoms with E-state index in [0.717, 1.165) is 46.6 Å². The number of nitriles is 1. The molecule has 0 saturated heterocycles. The summed E-state index contributed by atoms with van der Waals surface area (Å²) in [4.78, 5) is 0. The summed E-state index contributed by atoms with van der Waals surface area (Å²) in [6.45, 7) is 9.49. The Kier molecular flexibility index (Phi) is 8.29. The Bertz CT molecular complexity index is 1020.